The molecule has 0 radical (unpaired) electrons. The first kappa shape index (κ1) is 12.2. The molecule has 5 unspecified atom stereocenters. The van der Waals surface area contributed by atoms with Gasteiger partial charge in [0.2, 0.25) is 0 Å². The number of carbonyl (C=O) groups is 1. The van der Waals surface area contributed by atoms with Crippen LogP contribution >= 0.6 is 0 Å². The van der Waals surface area contributed by atoms with E-state index in [1.165, 1.54) is 0 Å². The molecule has 18 heavy (non-hydrogen) atoms. The van der Waals surface area contributed by atoms with E-state index in [1.807, 2.05) is 0 Å². The molecular formula is C8H7F2O7S-. The van der Waals surface area contributed by atoms with Crippen molar-refractivity contribution < 1.29 is 40.8 Å². The van der Waals surface area contributed by atoms with Crippen molar-refractivity contribution in [3.63, 3.8) is 0 Å². The minimum Gasteiger partial charge on any atom is -0.542 e. The molecule has 7 nitrogen and oxygen atoms in total. The summed E-state index contributed by atoms with van der Waals surface area (Å²) in [5.41, 5.74) is 0. The molecule has 3 heterocycles. The number of hydrogen-bond acceptors (Lipinski definition) is 7. The average molecular weight is 285 g/mol. The van der Waals surface area contributed by atoms with Crippen molar-refractivity contribution in [3.8, 4) is 0 Å². The number of carbonyl (C=O) groups excluding carboxylic acids is 1. The summed E-state index contributed by atoms with van der Waals surface area (Å²) < 4.78 is 62.6. The van der Waals surface area contributed by atoms with Crippen molar-refractivity contribution in [3.05, 3.63) is 0 Å². The van der Waals surface area contributed by atoms with E-state index in [0.29, 0.717) is 0 Å². The summed E-state index contributed by atoms with van der Waals surface area (Å²) in [6.45, 7) is 0. The maximum atomic E-state index is 12.9. The number of carboxylic acid groups (broad SMARTS) is 1. The number of halogens is 2. The minimum atomic E-state index is -4.51. The number of hydrogen-bond donors (Lipinski definition) is 0. The summed E-state index contributed by atoms with van der Waals surface area (Å²) in [4.78, 5) is 10.2. The second-order valence-electron chi connectivity index (χ2n) is 4.35. The lowest BCUT2D eigenvalue weighted by molar-refractivity contribution is -0.371. The van der Waals surface area contributed by atoms with E-state index in [-0.39, 0.29) is 6.42 Å². The van der Waals surface area contributed by atoms with Crippen LogP contribution in [0.15, 0.2) is 0 Å². The van der Waals surface area contributed by atoms with Crippen molar-refractivity contribution in [1.29, 1.82) is 0 Å². The molecule has 10 heteroatoms. The summed E-state index contributed by atoms with van der Waals surface area (Å²) in [5.74, 6) is -2.69. The molecule has 3 rings (SSSR count). The summed E-state index contributed by atoms with van der Waals surface area (Å²) in [7, 11) is -3.85. The van der Waals surface area contributed by atoms with Crippen molar-refractivity contribution in [2.75, 3.05) is 0 Å². The Morgan fingerprint density at radius 3 is 2.67 bits per heavy atom. The molecular weight excluding hydrogens is 278 g/mol. The predicted octanol–water partition coefficient (Wildman–Crippen LogP) is -2.02. The first-order valence-electron chi connectivity index (χ1n) is 5.07. The second-order valence-corrected chi connectivity index (χ2v) is 6.14. The standard InChI is InChI=1S/C8H8F2O7S/c9-8(10,7(11)12)16-4-2-1-3-5(15-2)6(4)17-18(3,13)14/h2-6H,1H2,(H,11,12)/p-1. The molecule has 0 amide bonds. The van der Waals surface area contributed by atoms with Crippen LogP contribution in [0.3, 0.4) is 0 Å². The Labute approximate surface area is 99.7 Å². The largest absolute Gasteiger partial charge is 0.542 e. The van der Waals surface area contributed by atoms with E-state index in [9.17, 15) is 27.1 Å². The number of rotatable bonds is 3. The molecule has 3 saturated heterocycles. The Morgan fingerprint density at radius 2 is 2.06 bits per heavy atom. The van der Waals surface area contributed by atoms with Gasteiger partial charge in [0.1, 0.15) is 29.5 Å². The maximum Gasteiger partial charge on any atom is 0.398 e. The Balaban J connectivity index is 1.84. The highest BCUT2D eigenvalue weighted by Gasteiger charge is 2.67. The van der Waals surface area contributed by atoms with Crippen molar-refractivity contribution in [2.45, 2.75) is 42.2 Å². The Hall–Kier alpha value is -0.840. The number of carboxylic acids is 1. The third kappa shape index (κ3) is 1.49. The molecule has 102 valence electrons. The SMILES string of the molecule is O=C([O-])C(F)(F)OC1C2CC3C(O2)C1OS3(=O)=O. The fourth-order valence-corrected chi connectivity index (χ4v) is 4.23. The zero-order valence-electron chi connectivity index (χ0n) is 8.62. The molecule has 2 bridgehead atoms. The Bertz CT molecular complexity index is 504. The van der Waals surface area contributed by atoms with Gasteiger partial charge in [-0.05, 0) is 6.42 Å². The second kappa shape index (κ2) is 3.38. The molecule has 3 fully saturated rings. The van der Waals surface area contributed by atoms with Gasteiger partial charge in [-0.15, -0.1) is 0 Å². The number of ether oxygens (including phenoxy) is 2. The van der Waals surface area contributed by atoms with Crippen LogP contribution in [0.4, 0.5) is 8.78 Å². The van der Waals surface area contributed by atoms with E-state index in [2.05, 4.69) is 8.92 Å². The van der Waals surface area contributed by atoms with Gasteiger partial charge in [0.25, 0.3) is 10.1 Å². The molecule has 3 aliphatic heterocycles. The monoisotopic (exact) mass is 285 g/mol. The summed E-state index contributed by atoms with van der Waals surface area (Å²) in [6, 6.07) is 0. The number of fused-ring (bicyclic) bond motifs is 1. The van der Waals surface area contributed by atoms with Gasteiger partial charge in [-0.1, -0.05) is 0 Å². The van der Waals surface area contributed by atoms with E-state index in [1.54, 1.807) is 0 Å². The summed E-state index contributed by atoms with van der Waals surface area (Å²) >= 11 is 0. The van der Waals surface area contributed by atoms with Gasteiger partial charge in [-0.2, -0.15) is 17.2 Å². The highest BCUT2D eigenvalue weighted by atomic mass is 32.2. The predicted molar refractivity (Wildman–Crippen MR) is 45.7 cm³/mol. The van der Waals surface area contributed by atoms with Crippen LogP contribution in [0.1, 0.15) is 6.42 Å². The lowest BCUT2D eigenvalue weighted by Crippen LogP contribution is -2.50. The zero-order chi connectivity index (χ0) is 13.3. The van der Waals surface area contributed by atoms with E-state index in [0.717, 1.165) is 0 Å². The molecule has 0 aromatic carbocycles. The van der Waals surface area contributed by atoms with E-state index < -0.39 is 51.9 Å². The molecule has 0 aromatic heterocycles. The maximum absolute atomic E-state index is 12.9. The number of aliphatic carboxylic acids is 1. The Morgan fingerprint density at radius 1 is 1.39 bits per heavy atom. The lowest BCUT2D eigenvalue weighted by Gasteiger charge is -2.27. The van der Waals surface area contributed by atoms with Gasteiger partial charge in [0.05, 0.1) is 6.10 Å². The average Bonchev–Trinajstić information content (AvgIpc) is 2.81. The molecule has 0 aliphatic carbocycles. The summed E-state index contributed by atoms with van der Waals surface area (Å²) in [5, 5.41) is 9.28. The van der Waals surface area contributed by atoms with Crippen LogP contribution in [0.25, 0.3) is 0 Å². The van der Waals surface area contributed by atoms with Crippen LogP contribution in [0.5, 0.6) is 0 Å². The highest BCUT2D eigenvalue weighted by Crippen LogP contribution is 2.48. The minimum absolute atomic E-state index is 0.0444. The molecule has 0 N–H and O–H groups in total. The van der Waals surface area contributed by atoms with Crippen LogP contribution < -0.4 is 5.11 Å². The zero-order valence-corrected chi connectivity index (χ0v) is 9.43. The fraction of sp³-hybridized carbons (Fsp3) is 0.875. The summed E-state index contributed by atoms with van der Waals surface area (Å²) in [6.07, 6.45) is -8.99. The third-order valence-corrected chi connectivity index (χ3v) is 5.01. The Kier molecular flexibility index (Phi) is 2.29. The van der Waals surface area contributed by atoms with E-state index in [4.69, 9.17) is 4.74 Å². The fourth-order valence-electron chi connectivity index (χ4n) is 2.59. The molecule has 0 saturated carbocycles. The molecule has 5 atom stereocenters. The van der Waals surface area contributed by atoms with E-state index >= 15 is 0 Å². The first-order chi connectivity index (χ1) is 8.22. The smallest absolute Gasteiger partial charge is 0.398 e. The van der Waals surface area contributed by atoms with Gasteiger partial charge >= 0.3 is 6.11 Å². The molecule has 0 spiro atoms. The van der Waals surface area contributed by atoms with Crippen LogP contribution in [0.2, 0.25) is 0 Å². The topological polar surface area (TPSA) is 102 Å². The van der Waals surface area contributed by atoms with Gasteiger partial charge in [0.15, 0.2) is 0 Å². The quantitative estimate of drug-likeness (QED) is 0.552. The van der Waals surface area contributed by atoms with Gasteiger partial charge in [-0.25, -0.2) is 0 Å². The number of alkyl halides is 2. The normalized spacial score (nSPS) is 44.4. The van der Waals surface area contributed by atoms with Gasteiger partial charge in [0, 0.05) is 0 Å². The lowest BCUT2D eigenvalue weighted by atomic mass is 9.94. The van der Waals surface area contributed by atoms with Crippen LogP contribution in [0, 0.1) is 0 Å². The van der Waals surface area contributed by atoms with Crippen LogP contribution in [-0.4, -0.2) is 50.2 Å². The highest BCUT2D eigenvalue weighted by molar-refractivity contribution is 7.87. The first-order valence-corrected chi connectivity index (χ1v) is 6.54. The third-order valence-electron chi connectivity index (χ3n) is 3.31. The molecule has 0 aromatic rings. The molecule has 3 aliphatic rings. The van der Waals surface area contributed by atoms with Crippen molar-refractivity contribution >= 4 is 16.1 Å². The van der Waals surface area contributed by atoms with Crippen LogP contribution in [-0.2, 0) is 28.6 Å². The van der Waals surface area contributed by atoms with Gasteiger partial charge in [-0.3, -0.25) is 4.18 Å². The van der Waals surface area contributed by atoms with Gasteiger partial charge < -0.3 is 19.4 Å². The van der Waals surface area contributed by atoms with Crippen molar-refractivity contribution in [1.82, 2.24) is 0 Å². The van der Waals surface area contributed by atoms with Crippen molar-refractivity contribution in [2.24, 2.45) is 0 Å².